The van der Waals surface area contributed by atoms with Crippen LogP contribution in [-0.4, -0.2) is 36.6 Å². The number of benzene rings is 1. The average Bonchev–Trinajstić information content (AvgIpc) is 2.26. The minimum atomic E-state index is -0.942. The summed E-state index contributed by atoms with van der Waals surface area (Å²) in [6, 6.07) is 7.14. The van der Waals surface area contributed by atoms with Gasteiger partial charge in [-0.2, -0.15) is 0 Å². The third kappa shape index (κ3) is 3.20. The van der Waals surface area contributed by atoms with Crippen molar-refractivity contribution < 1.29 is 9.90 Å². The Morgan fingerprint density at radius 3 is 2.47 bits per heavy atom. The van der Waals surface area contributed by atoms with Gasteiger partial charge in [0.05, 0.1) is 5.41 Å². The molecule has 1 unspecified atom stereocenters. The van der Waals surface area contributed by atoms with Crippen LogP contribution >= 0.6 is 11.6 Å². The van der Waals surface area contributed by atoms with Crippen LogP contribution in [-0.2, 0) is 10.2 Å². The molecule has 0 aliphatic carbocycles. The predicted molar refractivity (Wildman–Crippen MR) is 69.6 cm³/mol. The molecule has 0 aliphatic rings. The number of carboxylic acid groups (broad SMARTS) is 1. The summed E-state index contributed by atoms with van der Waals surface area (Å²) in [5.41, 5.74) is -0.265. The summed E-state index contributed by atoms with van der Waals surface area (Å²) in [6.45, 7) is 2.42. The lowest BCUT2D eigenvalue weighted by atomic mass is 9.79. The van der Waals surface area contributed by atoms with Crippen molar-refractivity contribution >= 4 is 17.6 Å². The lowest BCUT2D eigenvalue weighted by Gasteiger charge is -2.27. The number of carbonyl (C=O) groups is 1. The average molecular weight is 256 g/mol. The Bertz CT molecular complexity index is 406. The van der Waals surface area contributed by atoms with E-state index in [1.54, 1.807) is 25.1 Å². The van der Waals surface area contributed by atoms with Crippen molar-refractivity contribution in [3.05, 3.63) is 34.9 Å². The van der Waals surface area contributed by atoms with E-state index < -0.39 is 11.4 Å². The summed E-state index contributed by atoms with van der Waals surface area (Å²) in [7, 11) is 3.85. The van der Waals surface area contributed by atoms with Crippen LogP contribution in [0.25, 0.3) is 0 Å². The van der Waals surface area contributed by atoms with Crippen molar-refractivity contribution in [2.75, 3.05) is 20.6 Å². The highest BCUT2D eigenvalue weighted by molar-refractivity contribution is 6.31. The largest absolute Gasteiger partial charge is 0.481 e. The summed E-state index contributed by atoms with van der Waals surface area (Å²) in [5, 5.41) is 9.96. The van der Waals surface area contributed by atoms with Gasteiger partial charge in [0.1, 0.15) is 0 Å². The molecule has 0 aliphatic heterocycles. The Morgan fingerprint density at radius 2 is 2.00 bits per heavy atom. The SMILES string of the molecule is CN(C)CCC(C)(C(=O)O)c1ccccc1Cl. The van der Waals surface area contributed by atoms with Crippen molar-refractivity contribution in [1.29, 1.82) is 0 Å². The molecule has 1 aromatic rings. The van der Waals surface area contributed by atoms with Crippen LogP contribution in [0.3, 0.4) is 0 Å². The topological polar surface area (TPSA) is 40.5 Å². The van der Waals surface area contributed by atoms with Crippen molar-refractivity contribution in [3.8, 4) is 0 Å². The zero-order valence-electron chi connectivity index (χ0n) is 10.4. The minimum absolute atomic E-state index is 0.510. The van der Waals surface area contributed by atoms with Gasteiger partial charge in [0, 0.05) is 5.02 Å². The highest BCUT2D eigenvalue weighted by atomic mass is 35.5. The normalized spacial score (nSPS) is 14.6. The van der Waals surface area contributed by atoms with Crippen LogP contribution < -0.4 is 0 Å². The lowest BCUT2D eigenvalue weighted by molar-refractivity contribution is -0.143. The molecule has 1 atom stereocenters. The van der Waals surface area contributed by atoms with Crippen molar-refractivity contribution in [2.24, 2.45) is 0 Å². The molecule has 0 fully saturated rings. The van der Waals surface area contributed by atoms with Gasteiger partial charge in [0.15, 0.2) is 0 Å². The first-order valence-electron chi connectivity index (χ1n) is 5.51. The second kappa shape index (κ2) is 5.52. The van der Waals surface area contributed by atoms with Gasteiger partial charge in [-0.25, -0.2) is 0 Å². The standard InChI is InChI=1S/C13H18ClNO2/c1-13(12(16)17,8-9-15(2)3)10-6-4-5-7-11(10)14/h4-7H,8-9H2,1-3H3,(H,16,17). The van der Waals surface area contributed by atoms with Crippen molar-refractivity contribution in [2.45, 2.75) is 18.8 Å². The Morgan fingerprint density at radius 1 is 1.41 bits per heavy atom. The summed E-state index contributed by atoms with van der Waals surface area (Å²) in [5.74, 6) is -0.840. The smallest absolute Gasteiger partial charge is 0.313 e. The molecule has 0 spiro atoms. The monoisotopic (exact) mass is 255 g/mol. The Labute approximate surface area is 107 Å². The number of halogens is 1. The maximum Gasteiger partial charge on any atom is 0.313 e. The van der Waals surface area contributed by atoms with Gasteiger partial charge in [0.2, 0.25) is 0 Å². The molecular weight excluding hydrogens is 238 g/mol. The fourth-order valence-corrected chi connectivity index (χ4v) is 2.06. The van der Waals surface area contributed by atoms with Gasteiger partial charge < -0.3 is 10.0 Å². The molecule has 0 amide bonds. The van der Waals surface area contributed by atoms with Crippen LogP contribution in [0.4, 0.5) is 0 Å². The third-order valence-electron chi connectivity index (χ3n) is 3.00. The Balaban J connectivity index is 3.08. The van der Waals surface area contributed by atoms with Crippen molar-refractivity contribution in [3.63, 3.8) is 0 Å². The minimum Gasteiger partial charge on any atom is -0.481 e. The fraction of sp³-hybridized carbons (Fsp3) is 0.462. The van der Waals surface area contributed by atoms with Crippen LogP contribution in [0.15, 0.2) is 24.3 Å². The molecule has 0 aromatic heterocycles. The highest BCUT2D eigenvalue weighted by Crippen LogP contribution is 2.33. The molecule has 0 saturated heterocycles. The third-order valence-corrected chi connectivity index (χ3v) is 3.33. The molecule has 1 N–H and O–H groups in total. The molecule has 4 heteroatoms. The van der Waals surface area contributed by atoms with Gasteiger partial charge >= 0.3 is 5.97 Å². The van der Waals surface area contributed by atoms with Crippen LogP contribution in [0.1, 0.15) is 18.9 Å². The molecular formula is C13H18ClNO2. The summed E-state index contributed by atoms with van der Waals surface area (Å²) in [6.07, 6.45) is 0.527. The first-order valence-corrected chi connectivity index (χ1v) is 5.89. The maximum absolute atomic E-state index is 11.5. The summed E-state index contributed by atoms with van der Waals surface area (Å²) >= 11 is 6.09. The van der Waals surface area contributed by atoms with E-state index in [-0.39, 0.29) is 0 Å². The first-order chi connectivity index (χ1) is 7.88. The quantitative estimate of drug-likeness (QED) is 0.879. The number of hydrogen-bond donors (Lipinski definition) is 1. The van der Waals surface area contributed by atoms with Gasteiger partial charge in [-0.1, -0.05) is 29.8 Å². The molecule has 0 radical (unpaired) electrons. The first kappa shape index (κ1) is 14.0. The molecule has 0 bridgehead atoms. The number of carboxylic acids is 1. The van der Waals surface area contributed by atoms with Crippen LogP contribution in [0.5, 0.6) is 0 Å². The predicted octanol–water partition coefficient (Wildman–Crippen LogP) is 2.63. The highest BCUT2D eigenvalue weighted by Gasteiger charge is 2.36. The Hall–Kier alpha value is -1.06. The zero-order chi connectivity index (χ0) is 13.1. The van der Waals surface area contributed by atoms with E-state index in [0.717, 1.165) is 0 Å². The molecule has 3 nitrogen and oxygen atoms in total. The van der Waals surface area contributed by atoms with Gasteiger partial charge in [-0.3, -0.25) is 4.79 Å². The molecule has 94 valence electrons. The van der Waals surface area contributed by atoms with E-state index in [2.05, 4.69) is 0 Å². The van der Waals surface area contributed by atoms with Crippen molar-refractivity contribution in [1.82, 2.24) is 4.90 Å². The van der Waals surface area contributed by atoms with E-state index in [1.807, 2.05) is 25.1 Å². The lowest BCUT2D eigenvalue weighted by Crippen LogP contribution is -2.36. The molecule has 1 rings (SSSR count). The van der Waals surface area contributed by atoms with E-state index in [0.29, 0.717) is 23.6 Å². The molecule has 0 heterocycles. The molecule has 17 heavy (non-hydrogen) atoms. The van der Waals surface area contributed by atoms with Gasteiger partial charge in [-0.05, 0) is 45.6 Å². The summed E-state index contributed by atoms with van der Waals surface area (Å²) < 4.78 is 0. The summed E-state index contributed by atoms with van der Waals surface area (Å²) in [4.78, 5) is 13.5. The zero-order valence-corrected chi connectivity index (χ0v) is 11.2. The fourth-order valence-electron chi connectivity index (χ4n) is 1.71. The second-order valence-electron chi connectivity index (χ2n) is 4.67. The van der Waals surface area contributed by atoms with E-state index >= 15 is 0 Å². The molecule has 0 saturated carbocycles. The second-order valence-corrected chi connectivity index (χ2v) is 5.08. The maximum atomic E-state index is 11.5. The number of aliphatic carboxylic acids is 1. The van der Waals surface area contributed by atoms with Crippen LogP contribution in [0.2, 0.25) is 5.02 Å². The van der Waals surface area contributed by atoms with E-state index in [1.165, 1.54) is 0 Å². The number of rotatable bonds is 5. The number of nitrogens with zero attached hydrogens (tertiary/aromatic N) is 1. The van der Waals surface area contributed by atoms with E-state index in [4.69, 9.17) is 11.6 Å². The Kier molecular flexibility index (Phi) is 4.54. The molecule has 1 aromatic carbocycles. The van der Waals surface area contributed by atoms with Gasteiger partial charge in [-0.15, -0.1) is 0 Å². The number of hydrogen-bond acceptors (Lipinski definition) is 2. The van der Waals surface area contributed by atoms with Gasteiger partial charge in [0.25, 0.3) is 0 Å². The van der Waals surface area contributed by atoms with E-state index in [9.17, 15) is 9.90 Å². The van der Waals surface area contributed by atoms with Crippen LogP contribution in [0, 0.1) is 0 Å².